The van der Waals surface area contributed by atoms with E-state index in [0.717, 1.165) is 5.56 Å². The normalized spacial score (nSPS) is 14.4. The lowest BCUT2D eigenvalue weighted by Gasteiger charge is -2.31. The fourth-order valence-electron chi connectivity index (χ4n) is 4.50. The first-order chi connectivity index (χ1) is 20.3. The number of hydrogen-bond acceptors (Lipinski definition) is 7. The molecular formula is C31H35N3O7S. The average Bonchev–Trinajstić information content (AvgIpc) is 3.03. The predicted molar refractivity (Wildman–Crippen MR) is 157 cm³/mol. The van der Waals surface area contributed by atoms with E-state index in [1.165, 1.54) is 33.5 Å². The Bertz CT molecular complexity index is 1440. The van der Waals surface area contributed by atoms with Crippen molar-refractivity contribution >= 4 is 21.8 Å². The Labute approximate surface area is 246 Å². The molecule has 1 aliphatic rings. The molecule has 0 spiro atoms. The molecule has 1 heterocycles. The van der Waals surface area contributed by atoms with Crippen molar-refractivity contribution < 1.29 is 32.2 Å². The maximum atomic E-state index is 13.7. The van der Waals surface area contributed by atoms with Crippen LogP contribution < -0.4 is 14.8 Å². The smallest absolute Gasteiger partial charge is 0.261 e. The fourth-order valence-corrected chi connectivity index (χ4v) is 5.91. The van der Waals surface area contributed by atoms with Crippen LogP contribution >= 0.6 is 0 Å². The number of methoxy groups -OCH3 is 1. The molecule has 11 heteroatoms. The quantitative estimate of drug-likeness (QED) is 0.303. The third-order valence-electron chi connectivity index (χ3n) is 6.72. The van der Waals surface area contributed by atoms with Gasteiger partial charge in [-0.1, -0.05) is 48.5 Å². The van der Waals surface area contributed by atoms with Crippen LogP contribution in [-0.4, -0.2) is 76.0 Å². The van der Waals surface area contributed by atoms with Gasteiger partial charge in [-0.15, -0.1) is 6.58 Å². The van der Waals surface area contributed by atoms with Crippen LogP contribution in [-0.2, 0) is 30.9 Å². The van der Waals surface area contributed by atoms with Crippen LogP contribution in [0.2, 0.25) is 0 Å². The molecule has 2 amide bonds. The van der Waals surface area contributed by atoms with Crippen molar-refractivity contribution in [2.75, 3.05) is 46.6 Å². The van der Waals surface area contributed by atoms with Crippen molar-refractivity contribution in [2.24, 2.45) is 0 Å². The van der Waals surface area contributed by atoms with Crippen molar-refractivity contribution in [3.05, 3.63) is 103 Å². The second-order valence-corrected chi connectivity index (χ2v) is 11.4. The molecule has 222 valence electrons. The van der Waals surface area contributed by atoms with Crippen LogP contribution in [0.4, 0.5) is 0 Å². The third kappa shape index (κ3) is 7.75. The zero-order valence-corrected chi connectivity index (χ0v) is 24.3. The second kappa shape index (κ2) is 14.6. The summed E-state index contributed by atoms with van der Waals surface area (Å²) in [4.78, 5) is 28.7. The molecule has 1 aliphatic heterocycles. The number of benzene rings is 3. The summed E-state index contributed by atoms with van der Waals surface area (Å²) in [5.74, 6) is 0.197. The van der Waals surface area contributed by atoms with Crippen molar-refractivity contribution in [3.63, 3.8) is 0 Å². The molecule has 42 heavy (non-hydrogen) atoms. The van der Waals surface area contributed by atoms with Gasteiger partial charge in [0.2, 0.25) is 15.9 Å². The Balaban J connectivity index is 1.55. The maximum Gasteiger partial charge on any atom is 0.261 e. The SMILES string of the molecule is C=CCNC(=O)C(c1ccccc1)N(Cc1ccc(OC)cc1)C(=O)COc1ccc(S(=O)(=O)N2CCOCC2)cc1. The minimum atomic E-state index is -3.66. The molecule has 0 radical (unpaired) electrons. The number of nitrogens with zero attached hydrogens (tertiary/aromatic N) is 2. The van der Waals surface area contributed by atoms with Gasteiger partial charge in [0.1, 0.15) is 17.5 Å². The number of hydrogen-bond donors (Lipinski definition) is 1. The monoisotopic (exact) mass is 593 g/mol. The van der Waals surface area contributed by atoms with Gasteiger partial charge in [-0.2, -0.15) is 4.31 Å². The van der Waals surface area contributed by atoms with Crippen molar-refractivity contribution in [1.82, 2.24) is 14.5 Å². The number of nitrogens with one attached hydrogen (secondary N) is 1. The molecule has 4 rings (SSSR count). The first-order valence-electron chi connectivity index (χ1n) is 13.5. The van der Waals surface area contributed by atoms with Gasteiger partial charge in [-0.25, -0.2) is 8.42 Å². The van der Waals surface area contributed by atoms with E-state index in [1.54, 1.807) is 37.5 Å². The van der Waals surface area contributed by atoms with Crippen LogP contribution in [0.25, 0.3) is 0 Å². The summed E-state index contributed by atoms with van der Waals surface area (Å²) in [5.41, 5.74) is 1.43. The van der Waals surface area contributed by atoms with Gasteiger partial charge >= 0.3 is 0 Å². The molecule has 1 saturated heterocycles. The first kappa shape index (κ1) is 30.8. The van der Waals surface area contributed by atoms with Crippen molar-refractivity contribution in [2.45, 2.75) is 17.5 Å². The van der Waals surface area contributed by atoms with Gasteiger partial charge in [0.05, 0.1) is 25.2 Å². The van der Waals surface area contributed by atoms with Crippen molar-refractivity contribution in [3.8, 4) is 11.5 Å². The van der Waals surface area contributed by atoms with Crippen LogP contribution in [0.5, 0.6) is 11.5 Å². The summed E-state index contributed by atoms with van der Waals surface area (Å²) in [6.07, 6.45) is 1.57. The largest absolute Gasteiger partial charge is 0.497 e. The van der Waals surface area contributed by atoms with Gasteiger partial charge in [0.25, 0.3) is 5.91 Å². The Kier molecular flexibility index (Phi) is 10.7. The fraction of sp³-hybridized carbons (Fsp3) is 0.290. The second-order valence-electron chi connectivity index (χ2n) is 9.49. The average molecular weight is 594 g/mol. The molecule has 1 atom stereocenters. The lowest BCUT2D eigenvalue weighted by molar-refractivity contribution is -0.143. The zero-order chi connectivity index (χ0) is 30.0. The molecule has 0 bridgehead atoms. The minimum Gasteiger partial charge on any atom is -0.497 e. The van der Waals surface area contributed by atoms with Gasteiger partial charge in [0, 0.05) is 26.2 Å². The molecular weight excluding hydrogens is 558 g/mol. The van der Waals surface area contributed by atoms with E-state index in [-0.39, 0.29) is 30.5 Å². The third-order valence-corrected chi connectivity index (χ3v) is 8.64. The van der Waals surface area contributed by atoms with E-state index in [4.69, 9.17) is 14.2 Å². The van der Waals surface area contributed by atoms with E-state index in [0.29, 0.717) is 43.4 Å². The molecule has 1 fully saturated rings. The van der Waals surface area contributed by atoms with E-state index < -0.39 is 22.0 Å². The number of carbonyl (C=O) groups excluding carboxylic acids is 2. The highest BCUT2D eigenvalue weighted by Gasteiger charge is 2.32. The Hall–Kier alpha value is -4.19. The number of rotatable bonds is 13. The molecule has 1 N–H and O–H groups in total. The molecule has 0 aromatic heterocycles. The van der Waals surface area contributed by atoms with Crippen LogP contribution in [0.3, 0.4) is 0 Å². The number of ether oxygens (including phenoxy) is 3. The summed E-state index contributed by atoms with van der Waals surface area (Å²) >= 11 is 0. The molecule has 0 saturated carbocycles. The van der Waals surface area contributed by atoms with Gasteiger partial charge < -0.3 is 24.4 Å². The summed E-state index contributed by atoms with van der Waals surface area (Å²) < 4.78 is 43.6. The highest BCUT2D eigenvalue weighted by atomic mass is 32.2. The van der Waals surface area contributed by atoms with Gasteiger partial charge in [-0.05, 0) is 47.5 Å². The molecule has 1 unspecified atom stereocenters. The lowest BCUT2D eigenvalue weighted by Crippen LogP contribution is -2.45. The standard InChI is InChI=1S/C31H35N3O7S/c1-3-17-32-31(36)30(25-7-5-4-6-8-25)34(22-24-9-11-26(39-2)12-10-24)29(35)23-41-27-13-15-28(16-14-27)42(37,38)33-18-20-40-21-19-33/h3-16,30H,1,17-23H2,2H3,(H,32,36). The van der Waals surface area contributed by atoms with Crippen LogP contribution in [0.1, 0.15) is 17.2 Å². The van der Waals surface area contributed by atoms with E-state index >= 15 is 0 Å². The zero-order valence-electron chi connectivity index (χ0n) is 23.5. The Morgan fingerprint density at radius 2 is 1.64 bits per heavy atom. The summed E-state index contributed by atoms with van der Waals surface area (Å²) in [6.45, 7) is 4.96. The Morgan fingerprint density at radius 3 is 2.26 bits per heavy atom. The van der Waals surface area contributed by atoms with Crippen LogP contribution in [0.15, 0.2) is 96.4 Å². The number of amides is 2. The number of carbonyl (C=O) groups is 2. The topological polar surface area (TPSA) is 114 Å². The van der Waals surface area contributed by atoms with E-state index in [9.17, 15) is 18.0 Å². The van der Waals surface area contributed by atoms with Crippen LogP contribution in [0, 0.1) is 0 Å². The molecule has 3 aromatic rings. The highest BCUT2D eigenvalue weighted by Crippen LogP contribution is 2.26. The number of morpholine rings is 1. The highest BCUT2D eigenvalue weighted by molar-refractivity contribution is 7.89. The maximum absolute atomic E-state index is 13.7. The molecule has 0 aliphatic carbocycles. The first-order valence-corrected chi connectivity index (χ1v) is 14.9. The van der Waals surface area contributed by atoms with Gasteiger partial charge in [-0.3, -0.25) is 9.59 Å². The van der Waals surface area contributed by atoms with E-state index in [1.807, 2.05) is 30.3 Å². The summed E-state index contributed by atoms with van der Waals surface area (Å²) in [7, 11) is -2.09. The van der Waals surface area contributed by atoms with Crippen molar-refractivity contribution in [1.29, 1.82) is 0 Å². The molecule has 10 nitrogen and oxygen atoms in total. The number of sulfonamides is 1. The summed E-state index contributed by atoms with van der Waals surface area (Å²) in [6, 6.07) is 21.3. The Morgan fingerprint density at radius 1 is 1.00 bits per heavy atom. The molecule has 3 aromatic carbocycles. The van der Waals surface area contributed by atoms with Gasteiger partial charge in [0.15, 0.2) is 6.61 Å². The van der Waals surface area contributed by atoms with E-state index in [2.05, 4.69) is 11.9 Å². The predicted octanol–water partition coefficient (Wildman–Crippen LogP) is 3.17. The minimum absolute atomic E-state index is 0.129. The summed E-state index contributed by atoms with van der Waals surface area (Å²) in [5, 5.41) is 2.81. The lowest BCUT2D eigenvalue weighted by atomic mass is 10.0.